The van der Waals surface area contributed by atoms with Crippen molar-refractivity contribution in [2.24, 2.45) is 11.8 Å². The summed E-state index contributed by atoms with van der Waals surface area (Å²) in [6, 6.07) is 8.53. The van der Waals surface area contributed by atoms with Crippen molar-refractivity contribution in [1.82, 2.24) is 36.0 Å². The molecular weight excluding hydrogens is 767 g/mol. The molecule has 4 heterocycles. The van der Waals surface area contributed by atoms with Crippen LogP contribution in [0, 0.1) is 11.8 Å². The van der Waals surface area contributed by atoms with Crippen molar-refractivity contribution in [3.8, 4) is 5.75 Å². The van der Waals surface area contributed by atoms with Crippen LogP contribution in [-0.2, 0) is 46.4 Å². The molecule has 4 aliphatic heterocycles. The third-order valence-corrected chi connectivity index (χ3v) is 13.0. The smallest absolute Gasteiger partial charge is 0.246 e. The van der Waals surface area contributed by atoms with Gasteiger partial charge in [0.25, 0.3) is 0 Å². The van der Waals surface area contributed by atoms with Crippen LogP contribution in [0.3, 0.4) is 0 Å². The van der Waals surface area contributed by atoms with Crippen molar-refractivity contribution in [2.45, 2.75) is 134 Å². The highest BCUT2D eigenvalue weighted by atomic mass is 16.3. The lowest BCUT2D eigenvalue weighted by atomic mass is 9.95. The van der Waals surface area contributed by atoms with Gasteiger partial charge in [0.05, 0.1) is 0 Å². The van der Waals surface area contributed by atoms with Crippen LogP contribution in [0.4, 0.5) is 0 Å². The Labute approximate surface area is 352 Å². The van der Waals surface area contributed by atoms with E-state index >= 15 is 0 Å². The first kappa shape index (κ1) is 44.1. The SMILES string of the molecule is CC[C@@H](C)[C@@H]1NC(=O)[C@@H]2CCCN2C(=O)[C@H](Cc2ccc(O)cc2)NC(=O)C2CCCN2C(=O)C(Cc2ccccc2)NC(=O)[C@@H]([C@@H](C)CC)NC(=O)C2CCCN2C1=O. The van der Waals surface area contributed by atoms with E-state index in [9.17, 15) is 38.7 Å². The normalized spacial score (nSPS) is 28.4. The molecule has 5 N–H and O–H groups in total. The number of phenolic OH excluding ortho intramolecular Hbond substituents is 1. The van der Waals surface area contributed by atoms with Gasteiger partial charge in [-0.3, -0.25) is 33.6 Å². The second-order valence-electron chi connectivity index (χ2n) is 17.0. The Bertz CT molecular complexity index is 1890. The van der Waals surface area contributed by atoms with Crippen molar-refractivity contribution < 1.29 is 38.7 Å². The van der Waals surface area contributed by atoms with Gasteiger partial charge >= 0.3 is 0 Å². The largest absolute Gasteiger partial charge is 0.508 e. The van der Waals surface area contributed by atoms with Crippen LogP contribution >= 0.6 is 0 Å². The fraction of sp³-hybridized carbons (Fsp3) is 0.578. The molecule has 60 heavy (non-hydrogen) atoms. The second kappa shape index (κ2) is 19.7. The van der Waals surface area contributed by atoms with Gasteiger partial charge in [-0.2, -0.15) is 0 Å². The average Bonchev–Trinajstić information content (AvgIpc) is 4.06. The fourth-order valence-electron chi connectivity index (χ4n) is 9.02. The van der Waals surface area contributed by atoms with Crippen molar-refractivity contribution in [3.63, 3.8) is 0 Å². The highest BCUT2D eigenvalue weighted by Crippen LogP contribution is 2.26. The van der Waals surface area contributed by atoms with Gasteiger partial charge < -0.3 is 41.1 Å². The molecular formula is C45H61N7O8. The first-order valence-corrected chi connectivity index (χ1v) is 21.8. The number of aromatic hydroxyl groups is 1. The van der Waals surface area contributed by atoms with Crippen LogP contribution in [0.1, 0.15) is 90.2 Å². The van der Waals surface area contributed by atoms with Gasteiger partial charge in [0.2, 0.25) is 41.4 Å². The summed E-state index contributed by atoms with van der Waals surface area (Å²) >= 11 is 0. The zero-order valence-electron chi connectivity index (χ0n) is 35.2. The molecule has 4 saturated heterocycles. The molecule has 0 aliphatic carbocycles. The van der Waals surface area contributed by atoms with E-state index in [0.717, 1.165) is 5.56 Å². The summed E-state index contributed by atoms with van der Waals surface area (Å²) in [6.45, 7) is 8.31. The molecule has 6 rings (SSSR count). The van der Waals surface area contributed by atoms with Crippen molar-refractivity contribution in [3.05, 3.63) is 65.7 Å². The molecule has 0 spiro atoms. The second-order valence-corrected chi connectivity index (χ2v) is 17.0. The van der Waals surface area contributed by atoms with Crippen LogP contribution < -0.4 is 21.3 Å². The average molecular weight is 828 g/mol. The van der Waals surface area contributed by atoms with Gasteiger partial charge in [0, 0.05) is 32.5 Å². The monoisotopic (exact) mass is 827 g/mol. The molecule has 2 aromatic carbocycles. The minimum Gasteiger partial charge on any atom is -0.508 e. The zero-order valence-corrected chi connectivity index (χ0v) is 35.2. The van der Waals surface area contributed by atoms with Gasteiger partial charge in [-0.05, 0) is 73.6 Å². The van der Waals surface area contributed by atoms with Crippen LogP contribution in [0.5, 0.6) is 5.75 Å². The van der Waals surface area contributed by atoms with E-state index in [1.54, 1.807) is 12.1 Å². The molecule has 324 valence electrons. The number of nitrogens with one attached hydrogen (secondary N) is 4. The minimum absolute atomic E-state index is 0.0378. The molecule has 0 bridgehead atoms. The van der Waals surface area contributed by atoms with E-state index in [2.05, 4.69) is 21.3 Å². The standard InChI is InChI=1S/C45H61N7O8/c1-5-27(3)37-42(57)47-33(25-29-13-8-7-9-14-29)44(59)50-22-10-15-34(50)39(54)46-32(26-30-18-20-31(53)21-19-30)43(58)51-23-11-16-35(51)41(56)49-38(28(4)6-2)45(60)52-24-12-17-36(52)40(55)48-37/h7-9,13-14,18-21,27-28,32-38,53H,5-6,10-12,15-17,22-26H2,1-4H3,(H,46,54)(H,47,57)(H,48,55)(H,49,56)/t27-,28+,32-,33?,34?,35-,36?,37+,38-/m0/s1. The summed E-state index contributed by atoms with van der Waals surface area (Å²) < 4.78 is 0. The highest BCUT2D eigenvalue weighted by molar-refractivity contribution is 5.99. The molecule has 9 atom stereocenters. The number of phenols is 1. The van der Waals surface area contributed by atoms with Gasteiger partial charge in [-0.15, -0.1) is 0 Å². The van der Waals surface area contributed by atoms with Gasteiger partial charge in [0.15, 0.2) is 0 Å². The number of hydrogen-bond acceptors (Lipinski definition) is 8. The number of nitrogens with zero attached hydrogens (tertiary/aromatic N) is 3. The number of carbonyl (C=O) groups excluding carboxylic acids is 7. The summed E-state index contributed by atoms with van der Waals surface area (Å²) in [5.74, 6) is -4.06. The maximum Gasteiger partial charge on any atom is 0.246 e. The number of rotatable bonds is 8. The van der Waals surface area contributed by atoms with Gasteiger partial charge in [0.1, 0.15) is 48.0 Å². The third-order valence-electron chi connectivity index (χ3n) is 13.0. The summed E-state index contributed by atoms with van der Waals surface area (Å²) in [7, 11) is 0. The predicted molar refractivity (Wildman–Crippen MR) is 223 cm³/mol. The number of amides is 7. The van der Waals surface area contributed by atoms with E-state index in [4.69, 9.17) is 0 Å². The van der Waals surface area contributed by atoms with Crippen molar-refractivity contribution >= 4 is 41.4 Å². The maximum absolute atomic E-state index is 14.7. The Kier molecular flexibility index (Phi) is 14.5. The molecule has 3 unspecified atom stereocenters. The topological polar surface area (TPSA) is 198 Å². The van der Waals surface area contributed by atoms with E-state index in [-0.39, 0.29) is 50.1 Å². The number of fused-ring (bicyclic) bond motifs is 3. The highest BCUT2D eigenvalue weighted by Gasteiger charge is 2.45. The van der Waals surface area contributed by atoms with E-state index in [1.807, 2.05) is 58.0 Å². The minimum atomic E-state index is -1.13. The predicted octanol–water partition coefficient (Wildman–Crippen LogP) is 2.20. The first-order valence-electron chi connectivity index (χ1n) is 21.8. The van der Waals surface area contributed by atoms with Crippen molar-refractivity contribution in [1.29, 1.82) is 0 Å². The molecule has 4 aliphatic rings. The van der Waals surface area contributed by atoms with Crippen LogP contribution in [0.25, 0.3) is 0 Å². The molecule has 15 heteroatoms. The summed E-state index contributed by atoms with van der Waals surface area (Å²) in [6.07, 6.45) is 3.88. The fourth-order valence-corrected chi connectivity index (χ4v) is 9.02. The van der Waals surface area contributed by atoms with Crippen LogP contribution in [0.15, 0.2) is 54.6 Å². The molecule has 2 aromatic rings. The number of hydrogen-bond donors (Lipinski definition) is 5. The van der Waals surface area contributed by atoms with E-state index < -0.39 is 83.6 Å². The molecule has 0 aromatic heterocycles. The Morgan fingerprint density at radius 3 is 1.42 bits per heavy atom. The Hall–Kier alpha value is -5.47. The first-order chi connectivity index (χ1) is 28.8. The quantitative estimate of drug-likeness (QED) is 0.267. The third kappa shape index (κ3) is 9.93. The van der Waals surface area contributed by atoms with Gasteiger partial charge in [-0.25, -0.2) is 0 Å². The van der Waals surface area contributed by atoms with Crippen LogP contribution in [0.2, 0.25) is 0 Å². The maximum atomic E-state index is 14.7. The lowest BCUT2D eigenvalue weighted by molar-refractivity contribution is -0.145. The lowest BCUT2D eigenvalue weighted by Crippen LogP contribution is -2.61. The molecule has 0 radical (unpaired) electrons. The Balaban J connectivity index is 1.40. The lowest BCUT2D eigenvalue weighted by Gasteiger charge is -2.34. The Morgan fingerprint density at radius 1 is 0.533 bits per heavy atom. The van der Waals surface area contributed by atoms with Gasteiger partial charge in [-0.1, -0.05) is 83.0 Å². The summed E-state index contributed by atoms with van der Waals surface area (Å²) in [4.78, 5) is 105. The zero-order chi connectivity index (χ0) is 43.1. The Morgan fingerprint density at radius 2 is 0.933 bits per heavy atom. The number of carbonyl (C=O) groups is 7. The molecule has 7 amide bonds. The summed E-state index contributed by atoms with van der Waals surface area (Å²) in [5, 5.41) is 21.8. The van der Waals surface area contributed by atoms with Crippen LogP contribution in [-0.4, -0.2) is 123 Å². The van der Waals surface area contributed by atoms with Crippen molar-refractivity contribution in [2.75, 3.05) is 19.6 Å². The summed E-state index contributed by atoms with van der Waals surface area (Å²) in [5.41, 5.74) is 1.44. The molecule has 0 saturated carbocycles. The van der Waals surface area contributed by atoms with E-state index in [1.165, 1.54) is 26.8 Å². The van der Waals surface area contributed by atoms with E-state index in [0.29, 0.717) is 56.9 Å². The molecule has 4 fully saturated rings. The number of benzene rings is 2. The molecule has 15 nitrogen and oxygen atoms in total.